The van der Waals surface area contributed by atoms with Crippen LogP contribution < -0.4 is 10.6 Å². The summed E-state index contributed by atoms with van der Waals surface area (Å²) in [6.07, 6.45) is 0. The summed E-state index contributed by atoms with van der Waals surface area (Å²) in [7, 11) is 0. The van der Waals surface area contributed by atoms with Crippen molar-refractivity contribution in [1.82, 2.24) is 10.3 Å². The second kappa shape index (κ2) is 7.76. The quantitative estimate of drug-likeness (QED) is 0.620. The molecule has 0 aliphatic rings. The van der Waals surface area contributed by atoms with Crippen LogP contribution in [0.2, 0.25) is 0 Å². The average Bonchev–Trinajstić information content (AvgIpc) is 3.03. The number of thiazole rings is 1. The summed E-state index contributed by atoms with van der Waals surface area (Å²) < 4.78 is 0. The van der Waals surface area contributed by atoms with E-state index in [4.69, 9.17) is 12.2 Å². The van der Waals surface area contributed by atoms with Crippen molar-refractivity contribution < 1.29 is 0 Å². The van der Waals surface area contributed by atoms with Crippen molar-refractivity contribution in [2.24, 2.45) is 0 Å². The SMILES string of the molecule is Cc1nc(-c2ccc(CNC(=S)Nc3ccc(C)c(C)c3)cc2)cs1. The van der Waals surface area contributed by atoms with E-state index in [0.717, 1.165) is 22.0 Å². The van der Waals surface area contributed by atoms with Crippen molar-refractivity contribution >= 4 is 34.4 Å². The van der Waals surface area contributed by atoms with E-state index in [9.17, 15) is 0 Å². The lowest BCUT2D eigenvalue weighted by Gasteiger charge is -2.12. The number of nitrogens with one attached hydrogen (secondary N) is 2. The summed E-state index contributed by atoms with van der Waals surface area (Å²) >= 11 is 7.06. The van der Waals surface area contributed by atoms with Crippen LogP contribution in [0.3, 0.4) is 0 Å². The highest BCUT2D eigenvalue weighted by atomic mass is 32.1. The van der Waals surface area contributed by atoms with Crippen molar-refractivity contribution in [3.05, 3.63) is 69.5 Å². The van der Waals surface area contributed by atoms with Crippen LogP contribution in [-0.2, 0) is 6.54 Å². The predicted molar refractivity (Wildman–Crippen MR) is 111 cm³/mol. The van der Waals surface area contributed by atoms with Crippen molar-refractivity contribution in [3.8, 4) is 11.3 Å². The zero-order valence-electron chi connectivity index (χ0n) is 14.6. The van der Waals surface area contributed by atoms with Gasteiger partial charge in [0, 0.05) is 23.2 Å². The second-order valence-corrected chi connectivity index (χ2v) is 7.53. The highest BCUT2D eigenvalue weighted by molar-refractivity contribution is 7.80. The summed E-state index contributed by atoms with van der Waals surface area (Å²) in [5.74, 6) is 0. The molecule has 0 saturated heterocycles. The highest BCUT2D eigenvalue weighted by Crippen LogP contribution is 2.21. The van der Waals surface area contributed by atoms with Gasteiger partial charge in [0.15, 0.2) is 5.11 Å². The van der Waals surface area contributed by atoms with Gasteiger partial charge in [0.05, 0.1) is 10.7 Å². The summed E-state index contributed by atoms with van der Waals surface area (Å²) in [6, 6.07) is 14.7. The van der Waals surface area contributed by atoms with Crippen LogP contribution >= 0.6 is 23.6 Å². The highest BCUT2D eigenvalue weighted by Gasteiger charge is 2.03. The van der Waals surface area contributed by atoms with E-state index in [-0.39, 0.29) is 0 Å². The minimum Gasteiger partial charge on any atom is -0.358 e. The maximum Gasteiger partial charge on any atom is 0.171 e. The van der Waals surface area contributed by atoms with E-state index in [0.29, 0.717) is 11.7 Å². The number of hydrogen-bond acceptors (Lipinski definition) is 3. The van der Waals surface area contributed by atoms with Gasteiger partial charge >= 0.3 is 0 Å². The first-order chi connectivity index (χ1) is 12.0. The van der Waals surface area contributed by atoms with Gasteiger partial charge in [-0.3, -0.25) is 0 Å². The van der Waals surface area contributed by atoms with E-state index >= 15 is 0 Å². The molecule has 0 aliphatic carbocycles. The number of nitrogens with zero attached hydrogens (tertiary/aromatic N) is 1. The van der Waals surface area contributed by atoms with Crippen LogP contribution in [0.15, 0.2) is 47.8 Å². The van der Waals surface area contributed by atoms with Gasteiger partial charge in [0.2, 0.25) is 0 Å². The van der Waals surface area contributed by atoms with Crippen LogP contribution in [0.25, 0.3) is 11.3 Å². The molecular weight excluding hydrogens is 346 g/mol. The Kier molecular flexibility index (Phi) is 5.46. The standard InChI is InChI=1S/C20H21N3S2/c1-13-4-9-18(10-14(13)2)23-20(24)21-11-16-5-7-17(8-6-16)19-12-25-15(3)22-19/h4-10,12H,11H2,1-3H3,(H2,21,23,24). The Morgan fingerprint density at radius 3 is 2.44 bits per heavy atom. The molecule has 0 saturated carbocycles. The number of benzene rings is 2. The maximum absolute atomic E-state index is 5.39. The average molecular weight is 368 g/mol. The molecule has 3 nitrogen and oxygen atoms in total. The first-order valence-electron chi connectivity index (χ1n) is 8.15. The van der Waals surface area contributed by atoms with Crippen LogP contribution in [0.5, 0.6) is 0 Å². The van der Waals surface area contributed by atoms with Crippen LogP contribution in [0.4, 0.5) is 5.69 Å². The molecule has 0 fully saturated rings. The third kappa shape index (κ3) is 4.65. The van der Waals surface area contributed by atoms with E-state index < -0.39 is 0 Å². The van der Waals surface area contributed by atoms with Crippen LogP contribution in [0.1, 0.15) is 21.7 Å². The molecule has 0 radical (unpaired) electrons. The van der Waals surface area contributed by atoms with Gasteiger partial charge in [-0.2, -0.15) is 0 Å². The molecule has 0 atom stereocenters. The first kappa shape index (κ1) is 17.6. The Bertz CT molecular complexity index is 882. The molecule has 2 N–H and O–H groups in total. The Labute approximate surface area is 158 Å². The van der Waals surface area contributed by atoms with Gasteiger partial charge in [-0.1, -0.05) is 30.3 Å². The molecule has 0 spiro atoms. The molecule has 0 unspecified atom stereocenters. The van der Waals surface area contributed by atoms with Crippen molar-refractivity contribution in [3.63, 3.8) is 0 Å². The molecule has 25 heavy (non-hydrogen) atoms. The lowest BCUT2D eigenvalue weighted by atomic mass is 10.1. The molecule has 3 aromatic rings. The first-order valence-corrected chi connectivity index (χ1v) is 9.43. The van der Waals surface area contributed by atoms with E-state index in [1.165, 1.54) is 16.7 Å². The Hall–Kier alpha value is -2.24. The third-order valence-corrected chi connectivity index (χ3v) is 5.11. The zero-order chi connectivity index (χ0) is 17.8. The Morgan fingerprint density at radius 1 is 1.04 bits per heavy atom. The topological polar surface area (TPSA) is 37.0 Å². The van der Waals surface area contributed by atoms with E-state index in [1.54, 1.807) is 11.3 Å². The molecular formula is C20H21N3S2. The van der Waals surface area contributed by atoms with E-state index in [1.807, 2.05) is 13.0 Å². The molecule has 1 aromatic heterocycles. The van der Waals surface area contributed by atoms with Gasteiger partial charge in [-0.25, -0.2) is 4.98 Å². The lowest BCUT2D eigenvalue weighted by Crippen LogP contribution is -2.27. The summed E-state index contributed by atoms with van der Waals surface area (Å²) in [4.78, 5) is 4.52. The maximum atomic E-state index is 5.39. The van der Waals surface area contributed by atoms with Gasteiger partial charge in [-0.15, -0.1) is 11.3 Å². The zero-order valence-corrected chi connectivity index (χ0v) is 16.2. The number of aromatic nitrogens is 1. The lowest BCUT2D eigenvalue weighted by molar-refractivity contribution is 0.926. The molecule has 3 rings (SSSR count). The van der Waals surface area contributed by atoms with Gasteiger partial charge in [0.1, 0.15) is 0 Å². The fourth-order valence-corrected chi connectivity index (χ4v) is 3.28. The minimum atomic E-state index is 0.627. The normalized spacial score (nSPS) is 10.5. The summed E-state index contributed by atoms with van der Waals surface area (Å²) in [5, 5.41) is 10.3. The largest absolute Gasteiger partial charge is 0.358 e. The number of rotatable bonds is 4. The molecule has 2 aromatic carbocycles. The molecule has 0 aliphatic heterocycles. The van der Waals surface area contributed by atoms with Crippen LogP contribution in [0, 0.1) is 20.8 Å². The fourth-order valence-electron chi connectivity index (χ4n) is 2.47. The smallest absolute Gasteiger partial charge is 0.171 e. The van der Waals surface area contributed by atoms with Gasteiger partial charge in [-0.05, 0) is 61.8 Å². The summed E-state index contributed by atoms with van der Waals surface area (Å²) in [6.45, 7) is 6.91. The Morgan fingerprint density at radius 2 is 1.80 bits per heavy atom. The number of aryl methyl sites for hydroxylation is 3. The number of hydrogen-bond donors (Lipinski definition) is 2. The van der Waals surface area contributed by atoms with E-state index in [2.05, 4.69) is 71.2 Å². The Balaban J connectivity index is 1.55. The molecule has 5 heteroatoms. The van der Waals surface area contributed by atoms with Gasteiger partial charge in [0.25, 0.3) is 0 Å². The van der Waals surface area contributed by atoms with Crippen molar-refractivity contribution in [2.75, 3.05) is 5.32 Å². The molecule has 0 bridgehead atoms. The second-order valence-electron chi connectivity index (χ2n) is 6.06. The molecule has 1 heterocycles. The number of thiocarbonyl (C=S) groups is 1. The van der Waals surface area contributed by atoms with Crippen LogP contribution in [-0.4, -0.2) is 10.1 Å². The third-order valence-electron chi connectivity index (χ3n) is 4.09. The molecule has 0 amide bonds. The fraction of sp³-hybridized carbons (Fsp3) is 0.200. The summed E-state index contributed by atoms with van der Waals surface area (Å²) in [5.41, 5.74) is 6.90. The van der Waals surface area contributed by atoms with Crippen molar-refractivity contribution in [2.45, 2.75) is 27.3 Å². The van der Waals surface area contributed by atoms with Crippen molar-refractivity contribution in [1.29, 1.82) is 0 Å². The monoisotopic (exact) mass is 367 g/mol. The predicted octanol–water partition coefficient (Wildman–Crippen LogP) is 5.22. The number of anilines is 1. The minimum absolute atomic E-state index is 0.627. The molecule has 128 valence electrons. The van der Waals surface area contributed by atoms with Gasteiger partial charge < -0.3 is 10.6 Å².